The normalized spacial score (nSPS) is 11.2. The number of H-pyrrole nitrogens is 1. The van der Waals surface area contributed by atoms with Crippen molar-refractivity contribution < 1.29 is 14.0 Å². The summed E-state index contributed by atoms with van der Waals surface area (Å²) in [5.41, 5.74) is 7.57. The number of aryl methyl sites for hydroxylation is 1. The first-order valence-electron chi connectivity index (χ1n) is 9.70. The van der Waals surface area contributed by atoms with Crippen LogP contribution in [0.1, 0.15) is 31.5 Å². The molecule has 0 spiro atoms. The van der Waals surface area contributed by atoms with Crippen LogP contribution in [-0.4, -0.2) is 27.0 Å². The van der Waals surface area contributed by atoms with Gasteiger partial charge in [-0.3, -0.25) is 20.4 Å². The number of thioether (sulfide) groups is 1. The summed E-state index contributed by atoms with van der Waals surface area (Å²) in [7, 11) is 0. The summed E-state index contributed by atoms with van der Waals surface area (Å²) in [4.78, 5) is 28.6. The van der Waals surface area contributed by atoms with E-state index in [-0.39, 0.29) is 5.76 Å². The minimum Gasteiger partial charge on any atom is -0.451 e. The van der Waals surface area contributed by atoms with E-state index in [0.29, 0.717) is 16.9 Å². The second-order valence-electron chi connectivity index (χ2n) is 6.94. The third kappa shape index (κ3) is 3.85. The van der Waals surface area contributed by atoms with Crippen molar-refractivity contribution in [3.8, 4) is 0 Å². The molecule has 0 unspecified atom stereocenters. The number of furan rings is 1. The van der Waals surface area contributed by atoms with Crippen LogP contribution in [-0.2, 0) is 5.75 Å². The first-order chi connectivity index (χ1) is 15.6. The average Bonchev–Trinajstić information content (AvgIpc) is 3.52. The molecular formula is C22H17N5O3S2. The molecule has 2 aromatic carbocycles. The maximum absolute atomic E-state index is 12.9. The number of hydrazine groups is 1. The van der Waals surface area contributed by atoms with Gasteiger partial charge in [0.25, 0.3) is 5.91 Å². The molecule has 5 rings (SSSR count). The number of rotatable bonds is 5. The molecule has 2 amide bonds. The molecule has 0 fully saturated rings. The second-order valence-corrected chi connectivity index (χ2v) is 9.34. The zero-order valence-electron chi connectivity index (χ0n) is 16.8. The van der Waals surface area contributed by atoms with Crippen LogP contribution in [0.2, 0.25) is 0 Å². The number of carbonyl (C=O) groups excluding carboxylic acids is 2. The van der Waals surface area contributed by atoms with Gasteiger partial charge in [-0.25, -0.2) is 0 Å². The van der Waals surface area contributed by atoms with E-state index in [0.717, 1.165) is 31.2 Å². The summed E-state index contributed by atoms with van der Waals surface area (Å²) in [6, 6.07) is 14.9. The van der Waals surface area contributed by atoms with Gasteiger partial charge in [-0.1, -0.05) is 59.5 Å². The van der Waals surface area contributed by atoms with E-state index in [4.69, 9.17) is 4.42 Å². The number of aromatic amines is 1. The number of hydrogen-bond donors (Lipinski definition) is 3. The molecule has 0 saturated carbocycles. The van der Waals surface area contributed by atoms with Crippen molar-refractivity contribution in [1.82, 2.24) is 26.0 Å². The number of amides is 2. The fraction of sp³-hybridized carbons (Fsp3) is 0.0909. The van der Waals surface area contributed by atoms with Crippen molar-refractivity contribution >= 4 is 56.8 Å². The van der Waals surface area contributed by atoms with Gasteiger partial charge >= 0.3 is 5.91 Å². The molecule has 3 aromatic heterocycles. The lowest BCUT2D eigenvalue weighted by Crippen LogP contribution is -2.41. The predicted octanol–water partition coefficient (Wildman–Crippen LogP) is 4.44. The Morgan fingerprint density at radius 3 is 2.59 bits per heavy atom. The first kappa shape index (κ1) is 20.3. The Morgan fingerprint density at radius 1 is 1.03 bits per heavy atom. The van der Waals surface area contributed by atoms with Crippen LogP contribution in [0.3, 0.4) is 0 Å². The summed E-state index contributed by atoms with van der Waals surface area (Å²) in [6.45, 7) is 1.89. The van der Waals surface area contributed by atoms with Gasteiger partial charge in [-0.2, -0.15) is 0 Å². The van der Waals surface area contributed by atoms with Gasteiger partial charge in [0.15, 0.2) is 10.1 Å². The largest absolute Gasteiger partial charge is 0.451 e. The number of para-hydroxylation sites is 2. The van der Waals surface area contributed by atoms with E-state index in [1.165, 1.54) is 23.1 Å². The van der Waals surface area contributed by atoms with Crippen molar-refractivity contribution in [1.29, 1.82) is 0 Å². The van der Waals surface area contributed by atoms with Gasteiger partial charge in [0.05, 0.1) is 5.56 Å². The van der Waals surface area contributed by atoms with Gasteiger partial charge in [0.2, 0.25) is 0 Å². The Labute approximate surface area is 190 Å². The van der Waals surface area contributed by atoms with E-state index in [9.17, 15) is 9.59 Å². The lowest BCUT2D eigenvalue weighted by Gasteiger charge is -2.07. The number of benzene rings is 2. The monoisotopic (exact) mass is 463 g/mol. The van der Waals surface area contributed by atoms with Crippen molar-refractivity contribution in [3.63, 3.8) is 0 Å². The van der Waals surface area contributed by atoms with E-state index >= 15 is 0 Å². The van der Waals surface area contributed by atoms with Crippen LogP contribution in [0.15, 0.2) is 63.5 Å². The molecule has 32 heavy (non-hydrogen) atoms. The number of nitrogens with one attached hydrogen (secondary N) is 3. The Kier molecular flexibility index (Phi) is 5.38. The topological polar surface area (TPSA) is 113 Å². The first-order valence-corrected chi connectivity index (χ1v) is 11.5. The lowest BCUT2D eigenvalue weighted by atomic mass is 10.1. The van der Waals surface area contributed by atoms with E-state index in [1.54, 1.807) is 12.3 Å². The van der Waals surface area contributed by atoms with Crippen LogP contribution >= 0.6 is 23.1 Å². The molecule has 0 bridgehead atoms. The van der Waals surface area contributed by atoms with E-state index in [2.05, 4.69) is 26.0 Å². The minimum atomic E-state index is -0.529. The molecule has 8 nitrogen and oxygen atoms in total. The van der Waals surface area contributed by atoms with Gasteiger partial charge < -0.3 is 9.40 Å². The zero-order chi connectivity index (χ0) is 22.1. The van der Waals surface area contributed by atoms with Gasteiger partial charge in [-0.05, 0) is 19.1 Å². The Bertz CT molecular complexity index is 1450. The van der Waals surface area contributed by atoms with Gasteiger partial charge in [0, 0.05) is 33.8 Å². The highest BCUT2D eigenvalue weighted by Crippen LogP contribution is 2.33. The van der Waals surface area contributed by atoms with E-state index < -0.39 is 11.8 Å². The maximum atomic E-state index is 12.9. The van der Waals surface area contributed by atoms with Crippen LogP contribution in [0, 0.1) is 6.92 Å². The molecule has 0 atom stereocenters. The fourth-order valence-corrected chi connectivity index (χ4v) is 5.24. The molecule has 0 radical (unpaired) electrons. The van der Waals surface area contributed by atoms with Gasteiger partial charge in [-0.15, -0.1) is 10.2 Å². The molecule has 160 valence electrons. The highest BCUT2D eigenvalue weighted by molar-refractivity contribution is 8.00. The molecule has 3 N–H and O–H groups in total. The predicted molar refractivity (Wildman–Crippen MR) is 124 cm³/mol. The molecule has 0 aliphatic heterocycles. The Morgan fingerprint density at radius 2 is 1.78 bits per heavy atom. The summed E-state index contributed by atoms with van der Waals surface area (Å²) in [6.07, 6.45) is 1.61. The molecule has 5 aromatic rings. The van der Waals surface area contributed by atoms with Crippen LogP contribution in [0.5, 0.6) is 0 Å². The fourth-order valence-electron chi connectivity index (χ4n) is 3.39. The summed E-state index contributed by atoms with van der Waals surface area (Å²) < 4.78 is 6.64. The molecule has 0 saturated heterocycles. The van der Waals surface area contributed by atoms with Crippen molar-refractivity contribution in [3.05, 3.63) is 76.6 Å². The minimum absolute atomic E-state index is 0.152. The second kappa shape index (κ2) is 8.48. The SMILES string of the molecule is Cc1nnc(SCc2c(C(=O)NNC(=O)c3c[nH]c4ccccc34)oc3ccccc23)s1. The average molecular weight is 464 g/mol. The molecular weight excluding hydrogens is 446 g/mol. The highest BCUT2D eigenvalue weighted by atomic mass is 32.2. The summed E-state index contributed by atoms with van der Waals surface area (Å²) in [5, 5.41) is 10.6. The van der Waals surface area contributed by atoms with Crippen molar-refractivity contribution in [2.75, 3.05) is 0 Å². The number of carbonyl (C=O) groups is 2. The Balaban J connectivity index is 1.36. The third-order valence-corrected chi connectivity index (χ3v) is 6.87. The molecule has 0 aliphatic carbocycles. The standard InChI is InChI=1S/C22H17N5O3S2/c1-12-24-27-22(32-12)31-11-16-14-7-3-5-9-18(14)30-19(16)21(29)26-25-20(28)15-10-23-17-8-4-2-6-13(15)17/h2-10,23H,11H2,1H3,(H,25,28)(H,26,29). The van der Waals surface area contributed by atoms with E-state index in [1.807, 2.05) is 49.4 Å². The van der Waals surface area contributed by atoms with Crippen LogP contribution in [0.25, 0.3) is 21.9 Å². The maximum Gasteiger partial charge on any atom is 0.305 e. The van der Waals surface area contributed by atoms with Crippen molar-refractivity contribution in [2.24, 2.45) is 0 Å². The number of aromatic nitrogens is 3. The number of nitrogens with zero attached hydrogens (tertiary/aromatic N) is 2. The molecule has 10 heteroatoms. The zero-order valence-corrected chi connectivity index (χ0v) is 18.5. The summed E-state index contributed by atoms with van der Waals surface area (Å²) in [5.74, 6) is -0.324. The van der Waals surface area contributed by atoms with Crippen LogP contribution in [0.4, 0.5) is 0 Å². The highest BCUT2D eigenvalue weighted by Gasteiger charge is 2.22. The lowest BCUT2D eigenvalue weighted by molar-refractivity contribution is 0.0832. The third-order valence-electron chi connectivity index (χ3n) is 4.88. The molecule has 3 heterocycles. The number of fused-ring (bicyclic) bond motifs is 2. The quantitative estimate of drug-likeness (QED) is 0.262. The molecule has 0 aliphatic rings. The smallest absolute Gasteiger partial charge is 0.305 e. The van der Waals surface area contributed by atoms with Crippen LogP contribution < -0.4 is 10.9 Å². The Hall–Kier alpha value is -3.63. The number of hydrogen-bond acceptors (Lipinski definition) is 7. The summed E-state index contributed by atoms with van der Waals surface area (Å²) >= 11 is 2.98. The van der Waals surface area contributed by atoms with Gasteiger partial charge in [0.1, 0.15) is 10.6 Å². The van der Waals surface area contributed by atoms with Crippen molar-refractivity contribution in [2.45, 2.75) is 17.0 Å².